The van der Waals surface area contributed by atoms with Crippen LogP contribution >= 0.6 is 0 Å². The van der Waals surface area contributed by atoms with E-state index in [1.807, 2.05) is 13.8 Å². The smallest absolute Gasteiger partial charge is 0.244 e. The highest BCUT2D eigenvalue weighted by molar-refractivity contribution is 5.88. The molecule has 5 heteroatoms. The molecule has 0 rings (SSSR count). The number of amides is 1. The Morgan fingerprint density at radius 3 is 2.53 bits per heavy atom. The number of ether oxygens (including phenoxy) is 1. The summed E-state index contributed by atoms with van der Waals surface area (Å²) in [5, 5.41) is 2.70. The molecule has 15 heavy (non-hydrogen) atoms. The van der Waals surface area contributed by atoms with E-state index in [0.29, 0.717) is 19.0 Å². The molecule has 1 atom stereocenters. The zero-order valence-electron chi connectivity index (χ0n) is 9.91. The van der Waals surface area contributed by atoms with E-state index < -0.39 is 6.04 Å². The molecule has 1 amide bonds. The van der Waals surface area contributed by atoms with E-state index in [0.717, 1.165) is 0 Å². The van der Waals surface area contributed by atoms with Gasteiger partial charge in [0.05, 0.1) is 12.4 Å². The first-order valence-electron chi connectivity index (χ1n) is 5.08. The van der Waals surface area contributed by atoms with Gasteiger partial charge < -0.3 is 15.8 Å². The van der Waals surface area contributed by atoms with Crippen molar-refractivity contribution in [2.24, 2.45) is 16.6 Å². The quantitative estimate of drug-likeness (QED) is 0.376. The molecule has 0 radical (unpaired) electrons. The fourth-order valence-corrected chi connectivity index (χ4v) is 0.855. The van der Waals surface area contributed by atoms with Gasteiger partial charge in [-0.2, -0.15) is 0 Å². The first-order valence-corrected chi connectivity index (χ1v) is 5.08. The molecule has 0 aromatic heterocycles. The zero-order valence-corrected chi connectivity index (χ0v) is 9.91. The highest BCUT2D eigenvalue weighted by Gasteiger charge is 2.11. The Hall–Kier alpha value is -1.10. The van der Waals surface area contributed by atoms with E-state index in [1.165, 1.54) is 0 Å². The first kappa shape index (κ1) is 13.9. The number of amidine groups is 1. The number of carbonyl (C=O) groups excluding carboxylic acids is 1. The van der Waals surface area contributed by atoms with Crippen LogP contribution in [0.3, 0.4) is 0 Å². The molecule has 5 nitrogen and oxygen atoms in total. The third-order valence-corrected chi connectivity index (χ3v) is 1.92. The number of hydrogen-bond donors (Lipinski definition) is 2. The van der Waals surface area contributed by atoms with Gasteiger partial charge in [0.15, 0.2) is 0 Å². The van der Waals surface area contributed by atoms with Crippen LogP contribution in [0.15, 0.2) is 4.99 Å². The average Bonchev–Trinajstić information content (AvgIpc) is 2.17. The molecular weight excluding hydrogens is 194 g/mol. The van der Waals surface area contributed by atoms with Crippen LogP contribution in [0.2, 0.25) is 0 Å². The standard InChI is InChI=1S/C10H21N3O2/c1-7(2)9(11)13-8(3)10(14)12-5-6-15-4/h7-8H,5-6H2,1-4H3,(H2,11,13)(H,12,14). The predicted molar refractivity (Wildman–Crippen MR) is 60.8 cm³/mol. The van der Waals surface area contributed by atoms with Gasteiger partial charge in [-0.15, -0.1) is 0 Å². The number of nitrogens with two attached hydrogens (primary N) is 1. The zero-order chi connectivity index (χ0) is 11.8. The lowest BCUT2D eigenvalue weighted by molar-refractivity contribution is -0.122. The van der Waals surface area contributed by atoms with E-state index in [-0.39, 0.29) is 11.8 Å². The second kappa shape index (κ2) is 7.23. The summed E-state index contributed by atoms with van der Waals surface area (Å²) in [6.07, 6.45) is 0. The van der Waals surface area contributed by atoms with E-state index in [9.17, 15) is 4.79 Å². The number of aliphatic imine (C=N–C) groups is 1. The fourth-order valence-electron chi connectivity index (χ4n) is 0.855. The number of carbonyl (C=O) groups is 1. The van der Waals surface area contributed by atoms with E-state index in [2.05, 4.69) is 10.3 Å². The molecule has 0 spiro atoms. The van der Waals surface area contributed by atoms with Crippen molar-refractivity contribution in [2.75, 3.05) is 20.3 Å². The van der Waals surface area contributed by atoms with Gasteiger partial charge in [-0.3, -0.25) is 9.79 Å². The number of nitrogens with zero attached hydrogens (tertiary/aromatic N) is 1. The van der Waals surface area contributed by atoms with Gasteiger partial charge in [-0.25, -0.2) is 0 Å². The third kappa shape index (κ3) is 6.06. The summed E-state index contributed by atoms with van der Waals surface area (Å²) in [5.74, 6) is 0.541. The molecule has 0 aromatic carbocycles. The van der Waals surface area contributed by atoms with Crippen LogP contribution in [0, 0.1) is 5.92 Å². The molecule has 0 saturated heterocycles. The summed E-state index contributed by atoms with van der Waals surface area (Å²) >= 11 is 0. The topological polar surface area (TPSA) is 76.7 Å². The summed E-state index contributed by atoms with van der Waals surface area (Å²) in [7, 11) is 1.59. The van der Waals surface area contributed by atoms with Crippen molar-refractivity contribution in [3.8, 4) is 0 Å². The molecular formula is C10H21N3O2. The summed E-state index contributed by atoms with van der Waals surface area (Å²) < 4.78 is 4.82. The Kier molecular flexibility index (Phi) is 6.70. The Balaban J connectivity index is 4.04. The summed E-state index contributed by atoms with van der Waals surface area (Å²) in [5.41, 5.74) is 5.66. The second-order valence-corrected chi connectivity index (χ2v) is 3.67. The van der Waals surface area contributed by atoms with Crippen molar-refractivity contribution < 1.29 is 9.53 Å². The van der Waals surface area contributed by atoms with Gasteiger partial charge in [-0.05, 0) is 6.92 Å². The fraction of sp³-hybridized carbons (Fsp3) is 0.800. The van der Waals surface area contributed by atoms with Gasteiger partial charge in [-0.1, -0.05) is 13.8 Å². The van der Waals surface area contributed by atoms with Crippen LogP contribution in [-0.4, -0.2) is 38.0 Å². The molecule has 88 valence electrons. The molecule has 0 aliphatic rings. The first-order chi connectivity index (χ1) is 6.99. The predicted octanol–water partition coefficient (Wildman–Crippen LogP) is 0.151. The van der Waals surface area contributed by atoms with Crippen molar-refractivity contribution in [3.05, 3.63) is 0 Å². The Morgan fingerprint density at radius 2 is 2.07 bits per heavy atom. The van der Waals surface area contributed by atoms with E-state index >= 15 is 0 Å². The maximum absolute atomic E-state index is 11.4. The third-order valence-electron chi connectivity index (χ3n) is 1.92. The molecule has 0 heterocycles. The summed E-state index contributed by atoms with van der Waals surface area (Å²) in [4.78, 5) is 15.5. The molecule has 1 unspecified atom stereocenters. The number of nitrogens with one attached hydrogen (secondary N) is 1. The maximum Gasteiger partial charge on any atom is 0.244 e. The van der Waals surface area contributed by atoms with E-state index in [1.54, 1.807) is 14.0 Å². The summed E-state index contributed by atoms with van der Waals surface area (Å²) in [6.45, 7) is 6.60. The lowest BCUT2D eigenvalue weighted by Gasteiger charge is -2.10. The molecule has 0 aliphatic carbocycles. The van der Waals surface area contributed by atoms with Crippen molar-refractivity contribution in [1.29, 1.82) is 0 Å². The molecule has 0 fully saturated rings. The Bertz CT molecular complexity index is 227. The van der Waals surface area contributed by atoms with Crippen molar-refractivity contribution >= 4 is 11.7 Å². The van der Waals surface area contributed by atoms with Crippen LogP contribution in [-0.2, 0) is 9.53 Å². The highest BCUT2D eigenvalue weighted by atomic mass is 16.5. The van der Waals surface area contributed by atoms with Crippen molar-refractivity contribution in [2.45, 2.75) is 26.8 Å². The number of rotatable bonds is 6. The van der Waals surface area contributed by atoms with Gasteiger partial charge in [0.25, 0.3) is 0 Å². The lowest BCUT2D eigenvalue weighted by atomic mass is 10.2. The van der Waals surface area contributed by atoms with Crippen molar-refractivity contribution in [3.63, 3.8) is 0 Å². The molecule has 0 saturated carbocycles. The minimum absolute atomic E-state index is 0.129. The minimum atomic E-state index is -0.441. The van der Waals surface area contributed by atoms with Crippen molar-refractivity contribution in [1.82, 2.24) is 5.32 Å². The number of hydrogen-bond acceptors (Lipinski definition) is 3. The Morgan fingerprint density at radius 1 is 1.47 bits per heavy atom. The normalized spacial score (nSPS) is 14.1. The van der Waals surface area contributed by atoms with Gasteiger partial charge in [0, 0.05) is 19.6 Å². The minimum Gasteiger partial charge on any atom is -0.387 e. The summed E-state index contributed by atoms with van der Waals surface area (Å²) in [6, 6.07) is -0.441. The van der Waals surface area contributed by atoms with E-state index in [4.69, 9.17) is 10.5 Å². The molecule has 0 bridgehead atoms. The molecule has 0 aliphatic heterocycles. The largest absolute Gasteiger partial charge is 0.387 e. The van der Waals surface area contributed by atoms with Crippen LogP contribution < -0.4 is 11.1 Å². The highest BCUT2D eigenvalue weighted by Crippen LogP contribution is 1.96. The molecule has 3 N–H and O–H groups in total. The Labute approximate surface area is 91.1 Å². The average molecular weight is 215 g/mol. The van der Waals surface area contributed by atoms with Crippen LogP contribution in [0.5, 0.6) is 0 Å². The lowest BCUT2D eigenvalue weighted by Crippen LogP contribution is -2.35. The van der Waals surface area contributed by atoms with Crippen LogP contribution in [0.25, 0.3) is 0 Å². The molecule has 0 aromatic rings. The van der Waals surface area contributed by atoms with Crippen LogP contribution in [0.4, 0.5) is 0 Å². The number of methoxy groups -OCH3 is 1. The van der Waals surface area contributed by atoms with Crippen LogP contribution in [0.1, 0.15) is 20.8 Å². The van der Waals surface area contributed by atoms with Gasteiger partial charge in [0.2, 0.25) is 5.91 Å². The SMILES string of the molecule is COCCNC(=O)C(C)N=C(N)C(C)C. The van der Waals surface area contributed by atoms with Gasteiger partial charge >= 0.3 is 0 Å². The van der Waals surface area contributed by atoms with Gasteiger partial charge in [0.1, 0.15) is 6.04 Å². The monoisotopic (exact) mass is 215 g/mol. The second-order valence-electron chi connectivity index (χ2n) is 3.67. The maximum atomic E-state index is 11.4.